The van der Waals surface area contributed by atoms with E-state index in [9.17, 15) is 13.2 Å². The summed E-state index contributed by atoms with van der Waals surface area (Å²) in [5, 5.41) is 2.66. The highest BCUT2D eigenvalue weighted by Crippen LogP contribution is 2.32. The molecule has 1 saturated heterocycles. The van der Waals surface area contributed by atoms with E-state index in [-0.39, 0.29) is 25.0 Å². The van der Waals surface area contributed by atoms with E-state index in [2.05, 4.69) is 12.2 Å². The van der Waals surface area contributed by atoms with Crippen LogP contribution in [0.5, 0.6) is 11.5 Å². The average Bonchev–Trinajstić information content (AvgIpc) is 3.02. The lowest BCUT2D eigenvalue weighted by molar-refractivity contribution is 0.0955. The number of nitrogens with zero attached hydrogens (tertiary/aromatic N) is 1. The van der Waals surface area contributed by atoms with Gasteiger partial charge in [0.2, 0.25) is 16.8 Å². The van der Waals surface area contributed by atoms with Crippen molar-refractivity contribution in [2.24, 2.45) is 5.92 Å². The minimum absolute atomic E-state index is 0.0838. The van der Waals surface area contributed by atoms with E-state index >= 15 is 0 Å². The van der Waals surface area contributed by atoms with Gasteiger partial charge < -0.3 is 14.8 Å². The quantitative estimate of drug-likeness (QED) is 0.859. The second-order valence-corrected chi connectivity index (χ2v) is 8.33. The van der Waals surface area contributed by atoms with E-state index in [4.69, 9.17) is 9.47 Å². The molecule has 0 spiro atoms. The van der Waals surface area contributed by atoms with Crippen LogP contribution in [0.1, 0.15) is 30.1 Å². The maximum absolute atomic E-state index is 12.3. The Morgan fingerprint density at radius 1 is 1.33 bits per heavy atom. The zero-order valence-electron chi connectivity index (χ0n) is 13.7. The smallest absolute Gasteiger partial charge is 0.251 e. The van der Waals surface area contributed by atoms with Gasteiger partial charge in [-0.2, -0.15) is 0 Å². The maximum atomic E-state index is 12.3. The van der Waals surface area contributed by atoms with Gasteiger partial charge in [0.25, 0.3) is 5.91 Å². The fraction of sp³-hybridized carbons (Fsp3) is 0.562. The monoisotopic (exact) mass is 354 g/mol. The van der Waals surface area contributed by atoms with Crippen LogP contribution < -0.4 is 14.8 Å². The van der Waals surface area contributed by atoms with Crippen molar-refractivity contribution in [2.45, 2.75) is 19.8 Å². The van der Waals surface area contributed by atoms with Crippen LogP contribution in [0.4, 0.5) is 0 Å². The number of piperidine rings is 1. The molecule has 1 atom stereocenters. The molecule has 7 nitrogen and oxygen atoms in total. The van der Waals surface area contributed by atoms with Crippen molar-refractivity contribution < 1.29 is 22.7 Å². The standard InChI is InChI=1S/C16H22N2O5S/c1-12-3-2-7-18(10-12)24(20,21)8-6-17-16(19)13-4-5-14-15(9-13)23-11-22-14/h4-5,9,12H,2-3,6-8,10-11H2,1H3,(H,17,19)/t12-/m1/s1. The van der Waals surface area contributed by atoms with E-state index in [0.29, 0.717) is 36.1 Å². The maximum Gasteiger partial charge on any atom is 0.251 e. The molecular formula is C16H22N2O5S. The Bertz CT molecular complexity index is 719. The number of rotatable bonds is 5. The Labute approximate surface area is 142 Å². The molecule has 0 aliphatic carbocycles. The normalized spacial score (nSPS) is 20.8. The van der Waals surface area contributed by atoms with E-state index in [1.165, 1.54) is 4.31 Å². The summed E-state index contributed by atoms with van der Waals surface area (Å²) in [4.78, 5) is 12.1. The Balaban J connectivity index is 1.53. The minimum Gasteiger partial charge on any atom is -0.454 e. The van der Waals surface area contributed by atoms with Crippen LogP contribution in [0.2, 0.25) is 0 Å². The summed E-state index contributed by atoms with van der Waals surface area (Å²) in [6, 6.07) is 4.89. The van der Waals surface area contributed by atoms with E-state index in [0.717, 1.165) is 12.8 Å². The predicted octanol–water partition coefficient (Wildman–Crippen LogP) is 1.21. The summed E-state index contributed by atoms with van der Waals surface area (Å²) >= 11 is 0. The molecule has 0 saturated carbocycles. The van der Waals surface area contributed by atoms with Gasteiger partial charge in [-0.15, -0.1) is 0 Å². The van der Waals surface area contributed by atoms with Crippen molar-refractivity contribution in [3.8, 4) is 11.5 Å². The van der Waals surface area contributed by atoms with E-state index in [1.54, 1.807) is 18.2 Å². The van der Waals surface area contributed by atoms with Crippen LogP contribution >= 0.6 is 0 Å². The first-order chi connectivity index (χ1) is 11.5. The predicted molar refractivity (Wildman–Crippen MR) is 88.7 cm³/mol. The Hall–Kier alpha value is -1.80. The topological polar surface area (TPSA) is 84.9 Å². The molecular weight excluding hydrogens is 332 g/mol. The second kappa shape index (κ2) is 6.98. The molecule has 24 heavy (non-hydrogen) atoms. The number of ether oxygens (including phenoxy) is 2. The summed E-state index contributed by atoms with van der Waals surface area (Å²) in [5.41, 5.74) is 0.420. The van der Waals surface area contributed by atoms with Gasteiger partial charge in [0, 0.05) is 25.2 Å². The van der Waals surface area contributed by atoms with Gasteiger partial charge in [-0.1, -0.05) is 6.92 Å². The lowest BCUT2D eigenvalue weighted by Gasteiger charge is -2.30. The van der Waals surface area contributed by atoms with Crippen molar-refractivity contribution in [3.05, 3.63) is 23.8 Å². The fourth-order valence-corrected chi connectivity index (χ4v) is 4.47. The summed E-state index contributed by atoms with van der Waals surface area (Å²) < 4.78 is 36.6. The molecule has 1 aromatic carbocycles. The van der Waals surface area contributed by atoms with Gasteiger partial charge in [-0.3, -0.25) is 4.79 Å². The van der Waals surface area contributed by atoms with E-state index < -0.39 is 10.0 Å². The molecule has 1 amide bonds. The van der Waals surface area contributed by atoms with Crippen LogP contribution in [0.3, 0.4) is 0 Å². The molecule has 2 aliphatic heterocycles. The summed E-state index contributed by atoms with van der Waals surface area (Å²) in [6.45, 7) is 3.43. The molecule has 1 fully saturated rings. The van der Waals surface area contributed by atoms with Gasteiger partial charge in [0.05, 0.1) is 5.75 Å². The minimum atomic E-state index is -3.33. The molecule has 0 unspecified atom stereocenters. The molecule has 8 heteroatoms. The van der Waals surface area contributed by atoms with Crippen molar-refractivity contribution in [1.82, 2.24) is 9.62 Å². The van der Waals surface area contributed by atoms with Crippen molar-refractivity contribution in [3.63, 3.8) is 0 Å². The second-order valence-electron chi connectivity index (χ2n) is 6.25. The van der Waals surface area contributed by atoms with Crippen LogP contribution in [-0.4, -0.2) is 50.8 Å². The Morgan fingerprint density at radius 3 is 2.92 bits per heavy atom. The van der Waals surface area contributed by atoms with Crippen LogP contribution in [0.25, 0.3) is 0 Å². The number of carbonyl (C=O) groups is 1. The van der Waals surface area contributed by atoms with Crippen molar-refractivity contribution in [1.29, 1.82) is 0 Å². The van der Waals surface area contributed by atoms with Gasteiger partial charge >= 0.3 is 0 Å². The van der Waals surface area contributed by atoms with Crippen molar-refractivity contribution in [2.75, 3.05) is 32.2 Å². The number of sulfonamides is 1. The van der Waals surface area contributed by atoms with Gasteiger partial charge in [0.1, 0.15) is 0 Å². The van der Waals surface area contributed by atoms with Crippen molar-refractivity contribution >= 4 is 15.9 Å². The first kappa shape index (κ1) is 17.0. The zero-order chi connectivity index (χ0) is 17.2. The number of hydrogen-bond donors (Lipinski definition) is 1. The third-order valence-corrected chi connectivity index (χ3v) is 6.13. The third-order valence-electron chi connectivity index (χ3n) is 4.29. The van der Waals surface area contributed by atoms with Crippen LogP contribution in [-0.2, 0) is 10.0 Å². The van der Waals surface area contributed by atoms with E-state index in [1.807, 2.05) is 0 Å². The van der Waals surface area contributed by atoms with Gasteiger partial charge in [0.15, 0.2) is 11.5 Å². The van der Waals surface area contributed by atoms with Crippen LogP contribution in [0.15, 0.2) is 18.2 Å². The lowest BCUT2D eigenvalue weighted by Crippen LogP contribution is -2.42. The van der Waals surface area contributed by atoms with Gasteiger partial charge in [-0.25, -0.2) is 12.7 Å². The van der Waals surface area contributed by atoms with Gasteiger partial charge in [-0.05, 0) is 37.0 Å². The number of benzene rings is 1. The first-order valence-electron chi connectivity index (χ1n) is 8.11. The SMILES string of the molecule is C[C@@H]1CCCN(S(=O)(=O)CCNC(=O)c2ccc3c(c2)OCO3)C1. The zero-order valence-corrected chi connectivity index (χ0v) is 14.5. The highest BCUT2D eigenvalue weighted by atomic mass is 32.2. The summed E-state index contributed by atoms with van der Waals surface area (Å²) in [7, 11) is -3.33. The molecule has 0 aromatic heterocycles. The summed E-state index contributed by atoms with van der Waals surface area (Å²) in [5.74, 6) is 1.11. The van der Waals surface area contributed by atoms with Crippen LogP contribution in [0, 0.1) is 5.92 Å². The number of amides is 1. The number of nitrogens with one attached hydrogen (secondary N) is 1. The molecule has 1 aromatic rings. The largest absolute Gasteiger partial charge is 0.454 e. The molecule has 0 bridgehead atoms. The molecule has 132 valence electrons. The Morgan fingerprint density at radius 2 is 2.12 bits per heavy atom. The molecule has 2 heterocycles. The number of hydrogen-bond acceptors (Lipinski definition) is 5. The molecule has 2 aliphatic rings. The first-order valence-corrected chi connectivity index (χ1v) is 9.72. The summed E-state index contributed by atoms with van der Waals surface area (Å²) in [6.07, 6.45) is 1.96. The molecule has 1 N–H and O–H groups in total. The Kier molecular flexibility index (Phi) is 4.96. The number of fused-ring (bicyclic) bond motifs is 1. The molecule has 0 radical (unpaired) electrons. The fourth-order valence-electron chi connectivity index (χ4n) is 2.96. The molecule has 3 rings (SSSR count). The lowest BCUT2D eigenvalue weighted by atomic mass is 10.0. The highest BCUT2D eigenvalue weighted by Gasteiger charge is 2.26. The average molecular weight is 354 g/mol. The third kappa shape index (κ3) is 3.81. The highest BCUT2D eigenvalue weighted by molar-refractivity contribution is 7.89. The number of carbonyl (C=O) groups excluding carboxylic acids is 1.